The molecule has 1 atom stereocenters. The normalized spacial score (nSPS) is 16.7. The van der Waals surface area contributed by atoms with Crippen LogP contribution in [0.4, 0.5) is 0 Å². The lowest BCUT2D eigenvalue weighted by Gasteiger charge is -2.29. The maximum Gasteiger partial charge on any atom is 0.262 e. The van der Waals surface area contributed by atoms with Gasteiger partial charge in [0.1, 0.15) is 11.4 Å². The number of nitrogens with two attached hydrogens (primary N) is 1. The molecule has 3 rings (SSSR count). The quantitative estimate of drug-likeness (QED) is 0.780. The number of amides is 1. The molecule has 3 N–H and O–H groups in total. The van der Waals surface area contributed by atoms with Crippen molar-refractivity contribution < 1.29 is 14.3 Å². The van der Waals surface area contributed by atoms with Gasteiger partial charge in [-0.1, -0.05) is 0 Å². The van der Waals surface area contributed by atoms with Crippen molar-refractivity contribution >= 4 is 27.5 Å². The third-order valence-electron chi connectivity index (χ3n) is 4.78. The van der Waals surface area contributed by atoms with Gasteiger partial charge in [-0.2, -0.15) is 4.98 Å². The molecule has 1 aliphatic carbocycles. The molecular weight excluding hydrogens is 340 g/mol. The van der Waals surface area contributed by atoms with Gasteiger partial charge in [0.2, 0.25) is 5.88 Å². The van der Waals surface area contributed by atoms with Gasteiger partial charge < -0.3 is 20.5 Å². The van der Waals surface area contributed by atoms with Gasteiger partial charge in [0.05, 0.1) is 22.9 Å². The van der Waals surface area contributed by atoms with Gasteiger partial charge in [0, 0.05) is 13.7 Å². The van der Waals surface area contributed by atoms with Crippen LogP contribution in [0.3, 0.4) is 0 Å². The van der Waals surface area contributed by atoms with Gasteiger partial charge in [0.25, 0.3) is 5.91 Å². The number of hydrogen-bond donors (Lipinski definition) is 2. The number of fused-ring (bicyclic) bond motifs is 1. The van der Waals surface area contributed by atoms with E-state index >= 15 is 0 Å². The van der Waals surface area contributed by atoms with E-state index in [1.807, 2.05) is 13.8 Å². The third-order valence-corrected chi connectivity index (χ3v) is 5.96. The second-order valence-corrected chi connectivity index (χ2v) is 7.67. The van der Waals surface area contributed by atoms with Crippen molar-refractivity contribution in [2.24, 2.45) is 11.7 Å². The lowest BCUT2D eigenvalue weighted by molar-refractivity contribution is 0.0901. The standard InChI is InChI=1S/C17H24N4O3S/c1-9-12-15(24-4)19-11(7-23-3)20-16(12)25-13(9)14(22)21-17(2,8-18)10-5-6-10/h10H,5-8,18H2,1-4H3,(H,21,22). The van der Waals surface area contributed by atoms with E-state index in [9.17, 15) is 4.79 Å². The van der Waals surface area contributed by atoms with Crippen molar-refractivity contribution in [1.29, 1.82) is 0 Å². The molecular formula is C17H24N4O3S. The predicted molar refractivity (Wildman–Crippen MR) is 97.1 cm³/mol. The van der Waals surface area contributed by atoms with Crippen molar-refractivity contribution in [1.82, 2.24) is 15.3 Å². The molecule has 0 aliphatic heterocycles. The summed E-state index contributed by atoms with van der Waals surface area (Å²) in [7, 11) is 3.15. The summed E-state index contributed by atoms with van der Waals surface area (Å²) in [5, 5.41) is 3.91. The number of ether oxygens (including phenoxy) is 2. The first-order chi connectivity index (χ1) is 11.9. The van der Waals surface area contributed by atoms with Crippen LogP contribution in [0.1, 0.15) is 40.8 Å². The van der Waals surface area contributed by atoms with Gasteiger partial charge in [-0.3, -0.25) is 4.79 Å². The topological polar surface area (TPSA) is 99.4 Å². The Morgan fingerprint density at radius 1 is 1.40 bits per heavy atom. The minimum absolute atomic E-state index is 0.115. The van der Waals surface area contributed by atoms with E-state index < -0.39 is 0 Å². The molecule has 1 saturated carbocycles. The number of thiophene rings is 1. The minimum Gasteiger partial charge on any atom is -0.480 e. The monoisotopic (exact) mass is 364 g/mol. The number of rotatable bonds is 7. The first kappa shape index (κ1) is 18.0. The fourth-order valence-corrected chi connectivity index (χ4v) is 4.14. The maximum absolute atomic E-state index is 12.9. The van der Waals surface area contributed by atoms with E-state index in [1.165, 1.54) is 11.3 Å². The zero-order valence-electron chi connectivity index (χ0n) is 15.0. The number of methoxy groups -OCH3 is 2. The van der Waals surface area contributed by atoms with Gasteiger partial charge in [-0.15, -0.1) is 11.3 Å². The van der Waals surface area contributed by atoms with Gasteiger partial charge in [0.15, 0.2) is 5.82 Å². The second-order valence-electron chi connectivity index (χ2n) is 6.67. The molecule has 0 bridgehead atoms. The lowest BCUT2D eigenvalue weighted by Crippen LogP contribution is -2.53. The highest BCUT2D eigenvalue weighted by Crippen LogP contribution is 2.40. The van der Waals surface area contributed by atoms with Gasteiger partial charge >= 0.3 is 0 Å². The molecule has 25 heavy (non-hydrogen) atoms. The number of carbonyl (C=O) groups is 1. The van der Waals surface area contributed by atoms with Gasteiger partial charge in [-0.25, -0.2) is 4.98 Å². The second kappa shape index (κ2) is 6.86. The van der Waals surface area contributed by atoms with E-state index in [4.69, 9.17) is 15.2 Å². The maximum atomic E-state index is 12.9. The summed E-state index contributed by atoms with van der Waals surface area (Å²) < 4.78 is 10.5. The Morgan fingerprint density at radius 3 is 2.68 bits per heavy atom. The number of hydrogen-bond acceptors (Lipinski definition) is 7. The van der Waals surface area contributed by atoms with E-state index in [2.05, 4.69) is 15.3 Å². The molecule has 1 amide bonds. The number of nitrogens with zero attached hydrogens (tertiary/aromatic N) is 2. The Kier molecular flexibility index (Phi) is 4.95. The zero-order valence-corrected chi connectivity index (χ0v) is 15.8. The van der Waals surface area contributed by atoms with Crippen LogP contribution in [-0.4, -0.2) is 42.2 Å². The molecule has 0 spiro atoms. The highest BCUT2D eigenvalue weighted by Gasteiger charge is 2.42. The van der Waals surface area contributed by atoms with Gasteiger partial charge in [-0.05, 0) is 38.2 Å². The molecule has 0 radical (unpaired) electrons. The molecule has 1 fully saturated rings. The van der Waals surface area contributed by atoms with E-state index in [0.717, 1.165) is 28.6 Å². The van der Waals surface area contributed by atoms with Crippen molar-refractivity contribution in [3.05, 3.63) is 16.3 Å². The van der Waals surface area contributed by atoms with Crippen LogP contribution in [0.15, 0.2) is 0 Å². The highest BCUT2D eigenvalue weighted by atomic mass is 32.1. The molecule has 2 aromatic heterocycles. The Balaban J connectivity index is 1.99. The molecule has 2 aromatic rings. The summed E-state index contributed by atoms with van der Waals surface area (Å²) in [4.78, 5) is 23.1. The third kappa shape index (κ3) is 3.33. The van der Waals surface area contributed by atoms with Crippen LogP contribution < -0.4 is 15.8 Å². The Hall–Kier alpha value is -1.77. The molecule has 0 aromatic carbocycles. The average molecular weight is 364 g/mol. The summed E-state index contributed by atoms with van der Waals surface area (Å²) >= 11 is 1.35. The number of carbonyl (C=O) groups excluding carboxylic acids is 1. The Labute approximate surface area is 150 Å². The molecule has 1 aliphatic rings. The Bertz CT molecular complexity index is 803. The van der Waals surface area contributed by atoms with Crippen molar-refractivity contribution in [2.45, 2.75) is 38.8 Å². The van der Waals surface area contributed by atoms with Crippen molar-refractivity contribution in [3.8, 4) is 5.88 Å². The minimum atomic E-state index is -0.364. The summed E-state index contributed by atoms with van der Waals surface area (Å²) in [6.45, 7) is 4.63. The van der Waals surface area contributed by atoms with E-state index in [0.29, 0.717) is 29.0 Å². The molecule has 136 valence electrons. The summed E-state index contributed by atoms with van der Waals surface area (Å²) in [6, 6.07) is 0. The predicted octanol–water partition coefficient (Wildman–Crippen LogP) is 2.01. The number of nitrogens with one attached hydrogen (secondary N) is 1. The van der Waals surface area contributed by atoms with Crippen LogP contribution >= 0.6 is 11.3 Å². The first-order valence-electron chi connectivity index (χ1n) is 8.29. The fraction of sp³-hybridized carbons (Fsp3) is 0.588. The van der Waals surface area contributed by atoms with Crippen LogP contribution in [-0.2, 0) is 11.3 Å². The van der Waals surface area contributed by atoms with Crippen LogP contribution in [0.25, 0.3) is 10.2 Å². The fourth-order valence-electron chi connectivity index (χ4n) is 3.06. The summed E-state index contributed by atoms with van der Waals surface area (Å²) in [6.07, 6.45) is 2.22. The highest BCUT2D eigenvalue weighted by molar-refractivity contribution is 7.20. The van der Waals surface area contributed by atoms with Crippen molar-refractivity contribution in [3.63, 3.8) is 0 Å². The zero-order chi connectivity index (χ0) is 18.2. The number of aromatic nitrogens is 2. The number of aryl methyl sites for hydroxylation is 1. The molecule has 0 saturated heterocycles. The first-order valence-corrected chi connectivity index (χ1v) is 9.10. The van der Waals surface area contributed by atoms with Crippen LogP contribution in [0.2, 0.25) is 0 Å². The SMILES string of the molecule is COCc1nc(OC)c2c(C)c(C(=O)NC(C)(CN)C3CC3)sc2n1. The largest absolute Gasteiger partial charge is 0.480 e. The molecule has 1 unspecified atom stereocenters. The smallest absolute Gasteiger partial charge is 0.262 e. The molecule has 7 nitrogen and oxygen atoms in total. The molecule has 2 heterocycles. The summed E-state index contributed by atoms with van der Waals surface area (Å²) in [5.74, 6) is 1.34. The van der Waals surface area contributed by atoms with Crippen LogP contribution in [0, 0.1) is 12.8 Å². The van der Waals surface area contributed by atoms with E-state index in [1.54, 1.807) is 14.2 Å². The van der Waals surface area contributed by atoms with E-state index in [-0.39, 0.29) is 18.1 Å². The van der Waals surface area contributed by atoms with Crippen LogP contribution in [0.5, 0.6) is 5.88 Å². The van der Waals surface area contributed by atoms with Crippen molar-refractivity contribution in [2.75, 3.05) is 20.8 Å². The Morgan fingerprint density at radius 2 is 2.12 bits per heavy atom. The lowest BCUT2D eigenvalue weighted by atomic mass is 9.95. The molecule has 8 heteroatoms. The average Bonchev–Trinajstić information content (AvgIpc) is 3.39. The summed E-state index contributed by atoms with van der Waals surface area (Å²) in [5.41, 5.74) is 6.38.